The summed E-state index contributed by atoms with van der Waals surface area (Å²) >= 11 is 0. The Labute approximate surface area is 100 Å². The summed E-state index contributed by atoms with van der Waals surface area (Å²) in [6.07, 6.45) is 2.54. The summed E-state index contributed by atoms with van der Waals surface area (Å²) in [6.45, 7) is 12.5. The van der Waals surface area contributed by atoms with E-state index in [1.165, 1.54) is 25.9 Å². The predicted molar refractivity (Wildman–Crippen MR) is 68.6 cm³/mol. The number of nitrogens with one attached hydrogen (secondary N) is 1. The second kappa shape index (κ2) is 5.99. The van der Waals surface area contributed by atoms with Crippen molar-refractivity contribution >= 4 is 0 Å². The zero-order valence-electron chi connectivity index (χ0n) is 11.3. The van der Waals surface area contributed by atoms with Gasteiger partial charge in [0.25, 0.3) is 0 Å². The standard InChI is InChI=1S/C13H28N2O/c1-11(2)14-12(10-16)9-15-7-5-13(3,4)6-8-15/h11-12,14,16H,5-10H2,1-4H3. The van der Waals surface area contributed by atoms with Gasteiger partial charge in [-0.15, -0.1) is 0 Å². The van der Waals surface area contributed by atoms with Gasteiger partial charge in [0.1, 0.15) is 0 Å². The molecule has 1 aliphatic rings. The molecule has 1 aliphatic heterocycles. The SMILES string of the molecule is CC(C)NC(CO)CN1CCC(C)(C)CC1. The molecule has 0 aromatic carbocycles. The van der Waals surface area contributed by atoms with Gasteiger partial charge >= 0.3 is 0 Å². The Hall–Kier alpha value is -0.120. The van der Waals surface area contributed by atoms with Crippen molar-refractivity contribution in [2.75, 3.05) is 26.2 Å². The van der Waals surface area contributed by atoms with E-state index >= 15 is 0 Å². The van der Waals surface area contributed by atoms with Crippen molar-refractivity contribution in [2.24, 2.45) is 5.41 Å². The molecule has 3 heteroatoms. The average Bonchev–Trinajstić information content (AvgIpc) is 2.19. The molecule has 3 nitrogen and oxygen atoms in total. The Morgan fingerprint density at radius 3 is 2.25 bits per heavy atom. The number of rotatable bonds is 5. The van der Waals surface area contributed by atoms with E-state index < -0.39 is 0 Å². The highest BCUT2D eigenvalue weighted by atomic mass is 16.3. The topological polar surface area (TPSA) is 35.5 Å². The van der Waals surface area contributed by atoms with E-state index in [-0.39, 0.29) is 12.6 Å². The highest BCUT2D eigenvalue weighted by molar-refractivity contribution is 4.81. The van der Waals surface area contributed by atoms with Crippen LogP contribution < -0.4 is 5.32 Å². The molecule has 1 rings (SSSR count). The van der Waals surface area contributed by atoms with Crippen LogP contribution in [0.15, 0.2) is 0 Å². The molecule has 96 valence electrons. The number of likely N-dealkylation sites (tertiary alicyclic amines) is 1. The lowest BCUT2D eigenvalue weighted by Gasteiger charge is -2.38. The van der Waals surface area contributed by atoms with E-state index in [0.29, 0.717) is 11.5 Å². The Morgan fingerprint density at radius 1 is 1.25 bits per heavy atom. The summed E-state index contributed by atoms with van der Waals surface area (Å²) in [5.41, 5.74) is 0.511. The molecule has 0 aliphatic carbocycles. The molecule has 1 atom stereocenters. The van der Waals surface area contributed by atoms with Crippen molar-refractivity contribution in [3.8, 4) is 0 Å². The third-order valence-electron chi connectivity index (χ3n) is 3.48. The van der Waals surface area contributed by atoms with Crippen LogP contribution in [0, 0.1) is 5.41 Å². The van der Waals surface area contributed by atoms with E-state index in [4.69, 9.17) is 0 Å². The van der Waals surface area contributed by atoms with Crippen LogP contribution in [0.2, 0.25) is 0 Å². The van der Waals surface area contributed by atoms with Gasteiger partial charge in [0.05, 0.1) is 6.61 Å². The fourth-order valence-corrected chi connectivity index (χ4v) is 2.29. The van der Waals surface area contributed by atoms with Gasteiger partial charge < -0.3 is 15.3 Å². The Balaban J connectivity index is 2.31. The van der Waals surface area contributed by atoms with E-state index in [2.05, 4.69) is 37.9 Å². The normalized spacial score (nSPS) is 23.6. The van der Waals surface area contributed by atoms with Crippen molar-refractivity contribution < 1.29 is 5.11 Å². The monoisotopic (exact) mass is 228 g/mol. The molecule has 1 heterocycles. The average molecular weight is 228 g/mol. The summed E-state index contributed by atoms with van der Waals surface area (Å²) in [7, 11) is 0. The van der Waals surface area contributed by atoms with Gasteiger partial charge in [-0.05, 0) is 31.3 Å². The van der Waals surface area contributed by atoms with E-state index in [0.717, 1.165) is 6.54 Å². The molecule has 0 saturated carbocycles. The maximum absolute atomic E-state index is 9.32. The third-order valence-corrected chi connectivity index (χ3v) is 3.48. The van der Waals surface area contributed by atoms with Crippen LogP contribution in [0.5, 0.6) is 0 Å². The first-order valence-corrected chi connectivity index (χ1v) is 6.52. The largest absolute Gasteiger partial charge is 0.395 e. The summed E-state index contributed by atoms with van der Waals surface area (Å²) in [4.78, 5) is 2.47. The molecule has 0 bridgehead atoms. The predicted octanol–water partition coefficient (Wildman–Crippen LogP) is 1.47. The zero-order valence-corrected chi connectivity index (χ0v) is 11.3. The minimum absolute atomic E-state index is 0.223. The molecule has 0 radical (unpaired) electrons. The van der Waals surface area contributed by atoms with Gasteiger partial charge in [-0.25, -0.2) is 0 Å². The number of hydrogen-bond acceptors (Lipinski definition) is 3. The lowest BCUT2D eigenvalue weighted by Crippen LogP contribution is -2.48. The van der Waals surface area contributed by atoms with Crippen molar-refractivity contribution in [3.63, 3.8) is 0 Å². The second-order valence-electron chi connectivity index (χ2n) is 6.17. The molecule has 1 unspecified atom stereocenters. The van der Waals surface area contributed by atoms with E-state index in [1.54, 1.807) is 0 Å². The van der Waals surface area contributed by atoms with Crippen LogP contribution in [0.4, 0.5) is 0 Å². The molecular weight excluding hydrogens is 200 g/mol. The van der Waals surface area contributed by atoms with Crippen molar-refractivity contribution in [1.29, 1.82) is 0 Å². The lowest BCUT2D eigenvalue weighted by atomic mass is 9.82. The molecule has 2 N–H and O–H groups in total. The van der Waals surface area contributed by atoms with Crippen molar-refractivity contribution in [1.82, 2.24) is 10.2 Å². The van der Waals surface area contributed by atoms with Gasteiger partial charge in [-0.1, -0.05) is 27.7 Å². The Kier molecular flexibility index (Phi) is 5.22. The van der Waals surface area contributed by atoms with Crippen LogP contribution >= 0.6 is 0 Å². The molecule has 16 heavy (non-hydrogen) atoms. The number of hydrogen-bond donors (Lipinski definition) is 2. The maximum atomic E-state index is 9.32. The first-order chi connectivity index (χ1) is 7.43. The molecule has 0 aromatic rings. The highest BCUT2D eigenvalue weighted by Gasteiger charge is 2.26. The quantitative estimate of drug-likeness (QED) is 0.748. The van der Waals surface area contributed by atoms with Crippen LogP contribution in [-0.2, 0) is 0 Å². The number of aliphatic hydroxyl groups is 1. The molecule has 1 fully saturated rings. The molecule has 0 spiro atoms. The van der Waals surface area contributed by atoms with Crippen molar-refractivity contribution in [3.05, 3.63) is 0 Å². The van der Waals surface area contributed by atoms with E-state index in [1.807, 2.05) is 0 Å². The van der Waals surface area contributed by atoms with Crippen LogP contribution in [0.3, 0.4) is 0 Å². The van der Waals surface area contributed by atoms with Crippen LogP contribution in [-0.4, -0.2) is 48.3 Å². The van der Waals surface area contributed by atoms with Crippen molar-refractivity contribution in [2.45, 2.75) is 52.6 Å². The minimum Gasteiger partial charge on any atom is -0.395 e. The van der Waals surface area contributed by atoms with Gasteiger partial charge in [0.2, 0.25) is 0 Å². The second-order valence-corrected chi connectivity index (χ2v) is 6.17. The summed E-state index contributed by atoms with van der Waals surface area (Å²) in [5, 5.41) is 12.7. The van der Waals surface area contributed by atoms with Gasteiger partial charge in [0, 0.05) is 18.6 Å². The zero-order chi connectivity index (χ0) is 12.2. The fraction of sp³-hybridized carbons (Fsp3) is 1.00. The van der Waals surface area contributed by atoms with Crippen LogP contribution in [0.25, 0.3) is 0 Å². The van der Waals surface area contributed by atoms with Gasteiger partial charge in [0.15, 0.2) is 0 Å². The number of nitrogens with zero attached hydrogens (tertiary/aromatic N) is 1. The van der Waals surface area contributed by atoms with E-state index in [9.17, 15) is 5.11 Å². The summed E-state index contributed by atoms with van der Waals surface area (Å²) in [6, 6.07) is 0.666. The van der Waals surface area contributed by atoms with Crippen LogP contribution in [0.1, 0.15) is 40.5 Å². The lowest BCUT2D eigenvalue weighted by molar-refractivity contribution is 0.107. The van der Waals surface area contributed by atoms with Gasteiger partial charge in [-0.3, -0.25) is 0 Å². The molecule has 1 saturated heterocycles. The smallest absolute Gasteiger partial charge is 0.0597 e. The Bertz CT molecular complexity index is 194. The minimum atomic E-state index is 0.223. The highest BCUT2D eigenvalue weighted by Crippen LogP contribution is 2.29. The molecular formula is C13H28N2O. The third kappa shape index (κ3) is 4.81. The number of piperidine rings is 1. The first kappa shape index (κ1) is 13.9. The summed E-state index contributed by atoms with van der Waals surface area (Å²) in [5.74, 6) is 0. The Morgan fingerprint density at radius 2 is 1.81 bits per heavy atom. The molecule has 0 aromatic heterocycles. The summed E-state index contributed by atoms with van der Waals surface area (Å²) < 4.78 is 0. The fourth-order valence-electron chi connectivity index (χ4n) is 2.29. The number of aliphatic hydroxyl groups excluding tert-OH is 1. The first-order valence-electron chi connectivity index (χ1n) is 6.52. The van der Waals surface area contributed by atoms with Gasteiger partial charge in [-0.2, -0.15) is 0 Å². The molecule has 0 amide bonds. The maximum Gasteiger partial charge on any atom is 0.0597 e.